The lowest BCUT2D eigenvalue weighted by Gasteiger charge is -2.10. The van der Waals surface area contributed by atoms with Crippen LogP contribution in [0.4, 0.5) is 5.82 Å². The molecule has 0 aliphatic rings. The first kappa shape index (κ1) is 14.9. The molecule has 0 aliphatic carbocycles. The van der Waals surface area contributed by atoms with Crippen molar-refractivity contribution in [3.63, 3.8) is 0 Å². The van der Waals surface area contributed by atoms with E-state index in [2.05, 4.69) is 10.4 Å². The van der Waals surface area contributed by atoms with Crippen molar-refractivity contribution in [1.29, 1.82) is 0 Å². The number of amides is 1. The fourth-order valence-electron chi connectivity index (χ4n) is 2.01. The smallest absolute Gasteiger partial charge is 0.257 e. The highest BCUT2D eigenvalue weighted by atomic mass is 16.5. The fraction of sp³-hybridized carbons (Fsp3) is 0.333. The number of nitrogens with one attached hydrogen (secondary N) is 1. The van der Waals surface area contributed by atoms with Crippen molar-refractivity contribution in [2.75, 3.05) is 19.5 Å². The van der Waals surface area contributed by atoms with E-state index in [1.807, 2.05) is 19.9 Å². The predicted octanol–water partition coefficient (Wildman–Crippen LogP) is 2.48. The van der Waals surface area contributed by atoms with E-state index in [1.54, 1.807) is 37.1 Å². The number of rotatable bonds is 5. The van der Waals surface area contributed by atoms with Gasteiger partial charge in [-0.1, -0.05) is 0 Å². The highest BCUT2D eigenvalue weighted by molar-refractivity contribution is 6.04. The Hall–Kier alpha value is -2.50. The Labute approximate surface area is 123 Å². The van der Waals surface area contributed by atoms with Crippen LogP contribution in [0.25, 0.3) is 0 Å². The number of benzene rings is 1. The third kappa shape index (κ3) is 3.34. The zero-order valence-corrected chi connectivity index (χ0v) is 12.6. The first-order valence-corrected chi connectivity index (χ1v) is 6.66. The average Bonchev–Trinajstić information content (AvgIpc) is 2.86. The zero-order chi connectivity index (χ0) is 15.4. The monoisotopic (exact) mass is 289 g/mol. The quantitative estimate of drug-likeness (QED) is 0.918. The SMILES string of the molecule is CCn1nc(C)cc1NC(=O)c1cc(OC)cc(OC)c1. The predicted molar refractivity (Wildman–Crippen MR) is 80.1 cm³/mol. The first-order chi connectivity index (χ1) is 10.1. The van der Waals surface area contributed by atoms with Crippen LogP contribution >= 0.6 is 0 Å². The maximum atomic E-state index is 12.4. The van der Waals surface area contributed by atoms with Gasteiger partial charge < -0.3 is 14.8 Å². The van der Waals surface area contributed by atoms with E-state index in [4.69, 9.17) is 9.47 Å². The molecule has 0 aliphatic heterocycles. The Balaban J connectivity index is 2.27. The van der Waals surface area contributed by atoms with Gasteiger partial charge in [0.1, 0.15) is 17.3 Å². The molecule has 1 N–H and O–H groups in total. The summed E-state index contributed by atoms with van der Waals surface area (Å²) < 4.78 is 12.1. The maximum Gasteiger partial charge on any atom is 0.257 e. The van der Waals surface area contributed by atoms with Gasteiger partial charge in [-0.15, -0.1) is 0 Å². The van der Waals surface area contributed by atoms with Gasteiger partial charge in [0.25, 0.3) is 5.91 Å². The summed E-state index contributed by atoms with van der Waals surface area (Å²) in [5, 5.41) is 7.15. The van der Waals surface area contributed by atoms with Gasteiger partial charge in [0.15, 0.2) is 0 Å². The lowest BCUT2D eigenvalue weighted by atomic mass is 10.2. The molecule has 0 spiro atoms. The molecule has 6 nitrogen and oxygen atoms in total. The number of carbonyl (C=O) groups excluding carboxylic acids is 1. The maximum absolute atomic E-state index is 12.4. The van der Waals surface area contributed by atoms with Crippen molar-refractivity contribution in [3.05, 3.63) is 35.5 Å². The van der Waals surface area contributed by atoms with E-state index >= 15 is 0 Å². The standard InChI is InChI=1S/C15H19N3O3/c1-5-18-14(6-10(2)17-18)16-15(19)11-7-12(20-3)9-13(8-11)21-4/h6-9H,5H2,1-4H3,(H,16,19). The van der Waals surface area contributed by atoms with Crippen LogP contribution in [0.2, 0.25) is 0 Å². The van der Waals surface area contributed by atoms with Gasteiger partial charge >= 0.3 is 0 Å². The number of carbonyl (C=O) groups is 1. The summed E-state index contributed by atoms with van der Waals surface area (Å²) in [5.41, 5.74) is 1.32. The molecule has 2 rings (SSSR count). The van der Waals surface area contributed by atoms with Crippen molar-refractivity contribution in [1.82, 2.24) is 9.78 Å². The third-order valence-electron chi connectivity index (χ3n) is 3.06. The molecule has 0 bridgehead atoms. The van der Waals surface area contributed by atoms with Gasteiger partial charge in [0, 0.05) is 24.2 Å². The molecule has 2 aromatic rings. The number of aryl methyl sites for hydroxylation is 2. The molecule has 1 heterocycles. The van der Waals surface area contributed by atoms with Crippen LogP contribution in [0, 0.1) is 6.92 Å². The van der Waals surface area contributed by atoms with Crippen molar-refractivity contribution in [3.8, 4) is 11.5 Å². The fourth-order valence-corrected chi connectivity index (χ4v) is 2.01. The molecular formula is C15H19N3O3. The second-order valence-electron chi connectivity index (χ2n) is 4.54. The third-order valence-corrected chi connectivity index (χ3v) is 3.06. The lowest BCUT2D eigenvalue weighted by molar-refractivity contribution is 0.102. The van der Waals surface area contributed by atoms with Crippen LogP contribution in [-0.4, -0.2) is 29.9 Å². The van der Waals surface area contributed by atoms with E-state index in [0.29, 0.717) is 29.4 Å². The molecule has 0 saturated carbocycles. The molecule has 112 valence electrons. The molecule has 1 aromatic heterocycles. The summed E-state index contributed by atoms with van der Waals surface area (Å²) >= 11 is 0. The molecule has 1 amide bonds. The average molecular weight is 289 g/mol. The minimum absolute atomic E-state index is 0.234. The van der Waals surface area contributed by atoms with E-state index < -0.39 is 0 Å². The molecule has 0 radical (unpaired) electrons. The van der Waals surface area contributed by atoms with Crippen LogP contribution in [0.15, 0.2) is 24.3 Å². The highest BCUT2D eigenvalue weighted by Crippen LogP contribution is 2.23. The van der Waals surface area contributed by atoms with Crippen molar-refractivity contribution < 1.29 is 14.3 Å². The van der Waals surface area contributed by atoms with Crippen LogP contribution < -0.4 is 14.8 Å². The summed E-state index contributed by atoms with van der Waals surface area (Å²) in [4.78, 5) is 12.4. The van der Waals surface area contributed by atoms with Crippen LogP contribution in [-0.2, 0) is 6.54 Å². The van der Waals surface area contributed by atoms with Gasteiger partial charge in [0.2, 0.25) is 0 Å². The van der Waals surface area contributed by atoms with Gasteiger partial charge in [-0.2, -0.15) is 5.10 Å². The van der Waals surface area contributed by atoms with Gasteiger partial charge in [-0.3, -0.25) is 4.79 Å². The minimum Gasteiger partial charge on any atom is -0.497 e. The Morgan fingerprint density at radius 2 is 1.81 bits per heavy atom. The molecule has 6 heteroatoms. The van der Waals surface area contributed by atoms with Crippen LogP contribution in [0.1, 0.15) is 23.0 Å². The van der Waals surface area contributed by atoms with E-state index in [0.717, 1.165) is 5.69 Å². The summed E-state index contributed by atoms with van der Waals surface area (Å²) in [6, 6.07) is 6.88. The van der Waals surface area contributed by atoms with E-state index in [-0.39, 0.29) is 5.91 Å². The number of methoxy groups -OCH3 is 2. The molecule has 0 fully saturated rings. The number of aromatic nitrogens is 2. The van der Waals surface area contributed by atoms with Gasteiger partial charge in [-0.25, -0.2) is 4.68 Å². The van der Waals surface area contributed by atoms with Gasteiger partial charge in [0.05, 0.1) is 19.9 Å². The van der Waals surface area contributed by atoms with Crippen molar-refractivity contribution >= 4 is 11.7 Å². The summed E-state index contributed by atoms with van der Waals surface area (Å²) in [6.07, 6.45) is 0. The largest absolute Gasteiger partial charge is 0.497 e. The zero-order valence-electron chi connectivity index (χ0n) is 12.6. The molecule has 0 unspecified atom stereocenters. The first-order valence-electron chi connectivity index (χ1n) is 6.66. The van der Waals surface area contributed by atoms with Crippen LogP contribution in [0.3, 0.4) is 0 Å². The van der Waals surface area contributed by atoms with Gasteiger partial charge in [-0.05, 0) is 26.0 Å². The number of nitrogens with zero attached hydrogens (tertiary/aromatic N) is 2. The summed E-state index contributed by atoms with van der Waals surface area (Å²) in [5.74, 6) is 1.57. The number of ether oxygens (including phenoxy) is 2. The molecule has 0 atom stereocenters. The second kappa shape index (κ2) is 6.30. The summed E-state index contributed by atoms with van der Waals surface area (Å²) in [7, 11) is 3.10. The Kier molecular flexibility index (Phi) is 4.47. The topological polar surface area (TPSA) is 65.4 Å². The molecule has 0 saturated heterocycles. The number of hydrogen-bond donors (Lipinski definition) is 1. The Morgan fingerprint density at radius 1 is 1.19 bits per heavy atom. The van der Waals surface area contributed by atoms with Crippen molar-refractivity contribution in [2.45, 2.75) is 20.4 Å². The number of anilines is 1. The van der Waals surface area contributed by atoms with Crippen molar-refractivity contribution in [2.24, 2.45) is 0 Å². The molecule has 1 aromatic carbocycles. The van der Waals surface area contributed by atoms with Crippen LogP contribution in [0.5, 0.6) is 11.5 Å². The highest BCUT2D eigenvalue weighted by Gasteiger charge is 2.13. The Morgan fingerprint density at radius 3 is 2.33 bits per heavy atom. The lowest BCUT2D eigenvalue weighted by Crippen LogP contribution is -2.15. The van der Waals surface area contributed by atoms with E-state index in [9.17, 15) is 4.79 Å². The minimum atomic E-state index is -0.234. The summed E-state index contributed by atoms with van der Waals surface area (Å²) in [6.45, 7) is 4.54. The normalized spacial score (nSPS) is 10.3. The molecular weight excluding hydrogens is 270 g/mol. The second-order valence-corrected chi connectivity index (χ2v) is 4.54. The van der Waals surface area contributed by atoms with E-state index in [1.165, 1.54) is 0 Å². The number of hydrogen-bond acceptors (Lipinski definition) is 4. The Bertz CT molecular complexity index is 627. The molecule has 21 heavy (non-hydrogen) atoms.